The van der Waals surface area contributed by atoms with Crippen molar-refractivity contribution in [2.75, 3.05) is 0 Å². The van der Waals surface area contributed by atoms with Crippen LogP contribution >= 0.6 is 0 Å². The second-order valence-electron chi connectivity index (χ2n) is 9.94. The van der Waals surface area contributed by atoms with E-state index in [2.05, 4.69) is 23.7 Å². The summed E-state index contributed by atoms with van der Waals surface area (Å²) in [6.45, 7) is 0. The third kappa shape index (κ3) is 7.69. The summed E-state index contributed by atoms with van der Waals surface area (Å²) in [7, 11) is -3.75. The van der Waals surface area contributed by atoms with Crippen molar-refractivity contribution < 1.29 is 17.9 Å². The molecule has 5 heteroatoms. The lowest BCUT2D eigenvalue weighted by Gasteiger charge is -2.10. The van der Waals surface area contributed by atoms with Gasteiger partial charge in [0.05, 0.1) is 9.79 Å². The van der Waals surface area contributed by atoms with Crippen LogP contribution in [0.3, 0.4) is 0 Å². The Kier molecular flexibility index (Phi) is 8.74. The van der Waals surface area contributed by atoms with Crippen molar-refractivity contribution in [3.63, 3.8) is 0 Å². The first-order chi connectivity index (χ1) is 22.0. The second-order valence-corrected chi connectivity index (χ2v) is 11.9. The van der Waals surface area contributed by atoms with Gasteiger partial charge in [-0.25, -0.2) is 8.42 Å². The molecule has 0 N–H and O–H groups in total. The number of hydrogen-bond donors (Lipinski definition) is 0. The molecule has 0 atom stereocenters. The number of hydrogen-bond acceptors (Lipinski definition) is 4. The Balaban J connectivity index is 1.10. The zero-order valence-corrected chi connectivity index (χ0v) is 24.9. The lowest BCUT2D eigenvalue weighted by molar-refractivity contribution is 0.482. The summed E-state index contributed by atoms with van der Waals surface area (Å²) in [6, 6.07) is 47.1. The third-order valence-corrected chi connectivity index (χ3v) is 8.44. The summed E-state index contributed by atoms with van der Waals surface area (Å²) >= 11 is 0. The average Bonchev–Trinajstić information content (AvgIpc) is 3.08. The molecule has 6 aromatic carbocycles. The summed E-state index contributed by atoms with van der Waals surface area (Å²) in [5.41, 5.74) is 3.48. The Morgan fingerprint density at radius 2 is 0.711 bits per heavy atom. The molecule has 0 aliphatic heterocycles. The SMILES string of the molecule is O=S(=O)(c1ccc(Oc2cccc(C#Cc3ccccc3)c2)cc1)c1ccc(Oc2cccc(C#Cc3ccccc3)c2)cc1. The molecule has 45 heavy (non-hydrogen) atoms. The van der Waals surface area contributed by atoms with Crippen LogP contribution in [0.5, 0.6) is 23.0 Å². The quantitative estimate of drug-likeness (QED) is 0.179. The maximum Gasteiger partial charge on any atom is 0.206 e. The van der Waals surface area contributed by atoms with Gasteiger partial charge in [0.25, 0.3) is 0 Å². The Morgan fingerprint density at radius 3 is 1.11 bits per heavy atom. The molecule has 0 unspecified atom stereocenters. The zero-order chi connectivity index (χ0) is 30.9. The normalized spacial score (nSPS) is 10.5. The summed E-state index contributed by atoms with van der Waals surface area (Å²) in [6.07, 6.45) is 0. The largest absolute Gasteiger partial charge is 0.457 e. The summed E-state index contributed by atoms with van der Waals surface area (Å²) in [5.74, 6) is 14.8. The van der Waals surface area contributed by atoms with Crippen LogP contribution in [-0.4, -0.2) is 8.42 Å². The maximum absolute atomic E-state index is 13.3. The second kappa shape index (κ2) is 13.5. The number of benzene rings is 6. The minimum atomic E-state index is -3.75. The molecular formula is C40H26O4S. The van der Waals surface area contributed by atoms with Crippen LogP contribution in [0.2, 0.25) is 0 Å². The standard InChI is InChI=1S/C40H26O4S/c41-45(42,39-25-21-35(22-26-39)43-37-15-7-13-33(29-37)19-17-31-9-3-1-4-10-31)40-27-23-36(24-28-40)44-38-16-8-14-34(30-38)20-18-32-11-5-2-6-12-32/h1-16,21-30H. The Hall–Kier alpha value is -6.01. The molecule has 0 fully saturated rings. The molecular weight excluding hydrogens is 577 g/mol. The monoisotopic (exact) mass is 602 g/mol. The van der Waals surface area contributed by atoms with Gasteiger partial charge < -0.3 is 9.47 Å². The topological polar surface area (TPSA) is 52.6 Å². The van der Waals surface area contributed by atoms with Crippen LogP contribution in [0.1, 0.15) is 22.3 Å². The zero-order valence-electron chi connectivity index (χ0n) is 24.1. The molecule has 0 heterocycles. The molecule has 6 aromatic rings. The maximum atomic E-state index is 13.3. The van der Waals surface area contributed by atoms with Crippen molar-refractivity contribution in [1.82, 2.24) is 0 Å². The molecule has 0 amide bonds. The molecule has 0 aliphatic carbocycles. The van der Waals surface area contributed by atoms with Crippen molar-refractivity contribution in [2.24, 2.45) is 0 Å². The molecule has 4 nitrogen and oxygen atoms in total. The lowest BCUT2D eigenvalue weighted by atomic mass is 10.2. The van der Waals surface area contributed by atoms with Crippen molar-refractivity contribution in [2.45, 2.75) is 9.79 Å². The number of rotatable bonds is 6. The molecule has 0 aromatic heterocycles. The van der Waals surface area contributed by atoms with E-state index in [4.69, 9.17) is 9.47 Å². The smallest absolute Gasteiger partial charge is 0.206 e. The van der Waals surface area contributed by atoms with Crippen LogP contribution in [0.25, 0.3) is 0 Å². The predicted molar refractivity (Wildman–Crippen MR) is 176 cm³/mol. The minimum absolute atomic E-state index is 0.163. The third-order valence-electron chi connectivity index (χ3n) is 6.66. The van der Waals surface area contributed by atoms with Gasteiger partial charge in [-0.05, 0) is 109 Å². The molecule has 0 bridgehead atoms. The molecule has 6 rings (SSSR count). The molecule has 216 valence electrons. The Morgan fingerprint density at radius 1 is 0.356 bits per heavy atom. The van der Waals surface area contributed by atoms with Gasteiger partial charge in [-0.3, -0.25) is 0 Å². The molecule has 0 aliphatic rings. The number of sulfone groups is 1. The first-order valence-corrected chi connectivity index (χ1v) is 15.6. The van der Waals surface area contributed by atoms with E-state index in [-0.39, 0.29) is 9.79 Å². The Bertz CT molecular complexity index is 2000. The van der Waals surface area contributed by atoms with E-state index in [1.54, 1.807) is 24.3 Å². The highest BCUT2D eigenvalue weighted by Crippen LogP contribution is 2.29. The Labute approximate surface area is 263 Å². The highest BCUT2D eigenvalue weighted by atomic mass is 32.2. The van der Waals surface area contributed by atoms with Crippen LogP contribution in [-0.2, 0) is 9.84 Å². The van der Waals surface area contributed by atoms with Crippen LogP contribution in [0, 0.1) is 23.7 Å². The van der Waals surface area contributed by atoms with Crippen molar-refractivity contribution in [1.29, 1.82) is 0 Å². The van der Waals surface area contributed by atoms with E-state index in [0.717, 1.165) is 22.3 Å². The van der Waals surface area contributed by atoms with E-state index >= 15 is 0 Å². The summed E-state index contributed by atoms with van der Waals surface area (Å²) in [4.78, 5) is 0.325. The van der Waals surface area contributed by atoms with Gasteiger partial charge >= 0.3 is 0 Å². The summed E-state index contributed by atoms with van der Waals surface area (Å²) < 4.78 is 38.6. The van der Waals surface area contributed by atoms with Gasteiger partial charge in [-0.2, -0.15) is 0 Å². The van der Waals surface area contributed by atoms with Gasteiger partial charge in [0, 0.05) is 22.3 Å². The highest BCUT2D eigenvalue weighted by molar-refractivity contribution is 7.91. The van der Waals surface area contributed by atoms with Crippen LogP contribution < -0.4 is 9.47 Å². The lowest BCUT2D eigenvalue weighted by Crippen LogP contribution is -2.01. The van der Waals surface area contributed by atoms with Crippen LogP contribution in [0.15, 0.2) is 168 Å². The summed E-state index contributed by atoms with van der Waals surface area (Å²) in [5, 5.41) is 0. The van der Waals surface area contributed by atoms with Gasteiger partial charge in [0.1, 0.15) is 23.0 Å². The van der Waals surface area contributed by atoms with Gasteiger partial charge in [0.2, 0.25) is 9.84 Å². The van der Waals surface area contributed by atoms with E-state index in [1.165, 1.54) is 24.3 Å². The predicted octanol–water partition coefficient (Wildman–Crippen LogP) is 8.90. The van der Waals surface area contributed by atoms with Crippen LogP contribution in [0.4, 0.5) is 0 Å². The number of ether oxygens (including phenoxy) is 2. The van der Waals surface area contributed by atoms with Crippen molar-refractivity contribution in [3.05, 3.63) is 180 Å². The van der Waals surface area contributed by atoms with Crippen molar-refractivity contribution in [3.8, 4) is 46.7 Å². The van der Waals surface area contributed by atoms with E-state index in [9.17, 15) is 8.42 Å². The fraction of sp³-hybridized carbons (Fsp3) is 0. The first-order valence-electron chi connectivity index (χ1n) is 14.2. The fourth-order valence-electron chi connectivity index (χ4n) is 4.39. The van der Waals surface area contributed by atoms with E-state index in [1.807, 2.05) is 109 Å². The van der Waals surface area contributed by atoms with Gasteiger partial charge in [0.15, 0.2) is 0 Å². The minimum Gasteiger partial charge on any atom is -0.457 e. The average molecular weight is 603 g/mol. The van der Waals surface area contributed by atoms with Crippen molar-refractivity contribution >= 4 is 9.84 Å². The molecule has 0 spiro atoms. The molecule has 0 radical (unpaired) electrons. The molecule has 0 saturated carbocycles. The van der Waals surface area contributed by atoms with E-state index in [0.29, 0.717) is 23.0 Å². The highest BCUT2D eigenvalue weighted by Gasteiger charge is 2.18. The molecule has 0 saturated heterocycles. The first kappa shape index (κ1) is 29.1. The van der Waals surface area contributed by atoms with Gasteiger partial charge in [-0.1, -0.05) is 72.2 Å². The van der Waals surface area contributed by atoms with E-state index < -0.39 is 9.84 Å². The van der Waals surface area contributed by atoms with Gasteiger partial charge in [-0.15, -0.1) is 0 Å². The fourth-order valence-corrected chi connectivity index (χ4v) is 5.65.